The smallest absolute Gasteiger partial charge is 0.325 e. The van der Waals surface area contributed by atoms with Crippen molar-refractivity contribution in [3.63, 3.8) is 0 Å². The van der Waals surface area contributed by atoms with Crippen LogP contribution in [0.15, 0.2) is 12.3 Å². The van der Waals surface area contributed by atoms with Gasteiger partial charge in [0.1, 0.15) is 12.4 Å². The Morgan fingerprint density at radius 3 is 3.00 bits per heavy atom. The third-order valence-electron chi connectivity index (χ3n) is 1.86. The Labute approximate surface area is 88.6 Å². The van der Waals surface area contributed by atoms with Crippen LogP contribution in [0.3, 0.4) is 0 Å². The Kier molecular flexibility index (Phi) is 3.91. The number of aryl methyl sites for hydroxylation is 1. The first-order valence-corrected chi connectivity index (χ1v) is 4.75. The number of ether oxygens (including phenoxy) is 1. The number of nitrogens with one attached hydrogen (secondary N) is 1. The second kappa shape index (κ2) is 5.19. The number of carbonyl (C=O) groups excluding carboxylic acids is 1. The van der Waals surface area contributed by atoms with Gasteiger partial charge in [-0.1, -0.05) is 0 Å². The Morgan fingerprint density at radius 1 is 1.67 bits per heavy atom. The molecule has 15 heavy (non-hydrogen) atoms. The summed E-state index contributed by atoms with van der Waals surface area (Å²) < 4.78 is 4.76. The molecule has 3 N–H and O–H groups in total. The predicted octanol–water partition coefficient (Wildman–Crippen LogP) is 0.947. The van der Waals surface area contributed by atoms with E-state index in [4.69, 9.17) is 10.5 Å². The lowest BCUT2D eigenvalue weighted by atomic mass is 10.2. The maximum absolute atomic E-state index is 11.0. The lowest BCUT2D eigenvalue weighted by molar-refractivity contribution is -0.140. The van der Waals surface area contributed by atoms with E-state index in [1.165, 1.54) is 0 Å². The number of nitrogens with zero attached hydrogens (tertiary/aromatic N) is 1. The van der Waals surface area contributed by atoms with Gasteiger partial charge in [0.15, 0.2) is 0 Å². The molecule has 5 heteroatoms. The topological polar surface area (TPSA) is 77.2 Å². The number of carbonyl (C=O) groups is 1. The van der Waals surface area contributed by atoms with E-state index in [9.17, 15) is 4.79 Å². The van der Waals surface area contributed by atoms with Crippen LogP contribution in [0, 0.1) is 6.92 Å². The summed E-state index contributed by atoms with van der Waals surface area (Å²) >= 11 is 0. The fraction of sp³-hybridized carbons (Fsp3) is 0.400. The Balaban J connectivity index is 2.51. The Bertz CT molecular complexity index is 353. The summed E-state index contributed by atoms with van der Waals surface area (Å²) in [5.74, 6) is 0.268. The average molecular weight is 209 g/mol. The van der Waals surface area contributed by atoms with E-state index in [0.717, 1.165) is 5.56 Å². The molecular weight excluding hydrogens is 194 g/mol. The van der Waals surface area contributed by atoms with Crippen molar-refractivity contribution in [2.45, 2.75) is 13.8 Å². The van der Waals surface area contributed by atoms with Crippen molar-refractivity contribution in [3.05, 3.63) is 17.8 Å². The van der Waals surface area contributed by atoms with Crippen LogP contribution in [0.25, 0.3) is 0 Å². The number of pyridine rings is 1. The minimum absolute atomic E-state index is 0.101. The standard InChI is InChI=1S/C10H15N3O2/c1-3-15-10(14)6-13-9-4-8(11)7(2)5-12-9/h4-5H,3,6H2,1-2H3,(H3,11,12,13). The minimum Gasteiger partial charge on any atom is -0.465 e. The number of hydrogen-bond donors (Lipinski definition) is 2. The first kappa shape index (κ1) is 11.3. The summed E-state index contributed by atoms with van der Waals surface area (Å²) in [4.78, 5) is 15.1. The van der Waals surface area contributed by atoms with Crippen LogP contribution in [0.1, 0.15) is 12.5 Å². The normalized spacial score (nSPS) is 9.73. The molecule has 0 amide bonds. The van der Waals surface area contributed by atoms with Crippen LogP contribution < -0.4 is 11.1 Å². The second-order valence-electron chi connectivity index (χ2n) is 3.08. The number of nitrogen functional groups attached to an aromatic ring is 1. The fourth-order valence-corrected chi connectivity index (χ4v) is 1.01. The van der Waals surface area contributed by atoms with Crippen molar-refractivity contribution in [2.24, 2.45) is 0 Å². The number of esters is 1. The van der Waals surface area contributed by atoms with E-state index in [-0.39, 0.29) is 12.5 Å². The van der Waals surface area contributed by atoms with Gasteiger partial charge in [-0.25, -0.2) is 4.98 Å². The highest BCUT2D eigenvalue weighted by Gasteiger charge is 2.02. The lowest BCUT2D eigenvalue weighted by Gasteiger charge is -2.06. The monoisotopic (exact) mass is 209 g/mol. The second-order valence-corrected chi connectivity index (χ2v) is 3.08. The molecule has 0 aromatic carbocycles. The van der Waals surface area contributed by atoms with E-state index in [1.54, 1.807) is 19.2 Å². The molecule has 0 aliphatic carbocycles. The number of hydrogen-bond acceptors (Lipinski definition) is 5. The molecule has 0 atom stereocenters. The van der Waals surface area contributed by atoms with Crippen LogP contribution in [-0.4, -0.2) is 24.1 Å². The van der Waals surface area contributed by atoms with Gasteiger partial charge in [-0.05, 0) is 19.4 Å². The molecule has 0 bridgehead atoms. The summed E-state index contributed by atoms with van der Waals surface area (Å²) in [6.07, 6.45) is 1.66. The molecule has 1 aromatic heterocycles. The van der Waals surface area contributed by atoms with E-state index in [2.05, 4.69) is 10.3 Å². The summed E-state index contributed by atoms with van der Waals surface area (Å²) in [5, 5.41) is 2.83. The number of nitrogens with two attached hydrogens (primary N) is 1. The van der Waals surface area contributed by atoms with Gasteiger partial charge < -0.3 is 15.8 Å². The first-order chi connectivity index (χ1) is 7.13. The Hall–Kier alpha value is -1.78. The molecule has 0 aliphatic rings. The third-order valence-corrected chi connectivity index (χ3v) is 1.86. The minimum atomic E-state index is -0.307. The highest BCUT2D eigenvalue weighted by molar-refractivity contribution is 5.74. The van der Waals surface area contributed by atoms with Crippen LogP contribution in [0.2, 0.25) is 0 Å². The van der Waals surface area contributed by atoms with Gasteiger partial charge in [0.25, 0.3) is 0 Å². The van der Waals surface area contributed by atoms with E-state index >= 15 is 0 Å². The molecule has 1 heterocycles. The highest BCUT2D eigenvalue weighted by atomic mass is 16.5. The third kappa shape index (κ3) is 3.46. The molecule has 0 unspecified atom stereocenters. The van der Waals surface area contributed by atoms with Crippen molar-refractivity contribution < 1.29 is 9.53 Å². The van der Waals surface area contributed by atoms with Crippen LogP contribution >= 0.6 is 0 Å². The molecule has 1 rings (SSSR count). The van der Waals surface area contributed by atoms with Gasteiger partial charge in [0.2, 0.25) is 0 Å². The maximum atomic E-state index is 11.0. The quantitative estimate of drug-likeness (QED) is 0.722. The van der Waals surface area contributed by atoms with E-state index in [1.807, 2.05) is 6.92 Å². The van der Waals surface area contributed by atoms with Crippen molar-refractivity contribution in [3.8, 4) is 0 Å². The van der Waals surface area contributed by atoms with Crippen molar-refractivity contribution >= 4 is 17.5 Å². The molecule has 82 valence electrons. The largest absolute Gasteiger partial charge is 0.465 e. The molecular formula is C10H15N3O2. The predicted molar refractivity (Wildman–Crippen MR) is 58.5 cm³/mol. The molecule has 0 fully saturated rings. The fourth-order valence-electron chi connectivity index (χ4n) is 1.01. The summed E-state index contributed by atoms with van der Waals surface area (Å²) in [6.45, 7) is 4.12. The van der Waals surface area contributed by atoms with Crippen molar-refractivity contribution in [1.82, 2.24) is 4.98 Å². The maximum Gasteiger partial charge on any atom is 0.325 e. The van der Waals surface area contributed by atoms with Gasteiger partial charge in [0, 0.05) is 18.0 Å². The Morgan fingerprint density at radius 2 is 2.40 bits per heavy atom. The molecule has 5 nitrogen and oxygen atoms in total. The summed E-state index contributed by atoms with van der Waals surface area (Å²) in [6, 6.07) is 1.69. The lowest BCUT2D eigenvalue weighted by Crippen LogP contribution is -2.17. The molecule has 0 aliphatic heterocycles. The zero-order valence-electron chi connectivity index (χ0n) is 8.91. The van der Waals surface area contributed by atoms with Gasteiger partial charge >= 0.3 is 5.97 Å². The molecule has 0 spiro atoms. The number of rotatable bonds is 4. The summed E-state index contributed by atoms with van der Waals surface area (Å²) in [5.41, 5.74) is 7.25. The number of anilines is 2. The molecule has 1 aromatic rings. The zero-order valence-corrected chi connectivity index (χ0v) is 8.91. The number of aromatic nitrogens is 1. The van der Waals surface area contributed by atoms with Gasteiger partial charge in [-0.2, -0.15) is 0 Å². The van der Waals surface area contributed by atoms with Crippen LogP contribution in [-0.2, 0) is 9.53 Å². The van der Waals surface area contributed by atoms with E-state index in [0.29, 0.717) is 18.1 Å². The first-order valence-electron chi connectivity index (χ1n) is 4.75. The van der Waals surface area contributed by atoms with Crippen LogP contribution in [0.4, 0.5) is 11.5 Å². The average Bonchev–Trinajstić information content (AvgIpc) is 2.20. The molecule has 0 saturated carbocycles. The van der Waals surface area contributed by atoms with Crippen molar-refractivity contribution in [2.75, 3.05) is 24.2 Å². The molecule has 0 saturated heterocycles. The summed E-state index contributed by atoms with van der Waals surface area (Å²) in [7, 11) is 0. The van der Waals surface area contributed by atoms with Gasteiger partial charge in [-0.15, -0.1) is 0 Å². The molecule has 0 radical (unpaired) electrons. The van der Waals surface area contributed by atoms with Gasteiger partial charge in [-0.3, -0.25) is 4.79 Å². The SMILES string of the molecule is CCOC(=O)CNc1cc(N)c(C)cn1. The van der Waals surface area contributed by atoms with Crippen LogP contribution in [0.5, 0.6) is 0 Å². The highest BCUT2D eigenvalue weighted by Crippen LogP contribution is 2.12. The van der Waals surface area contributed by atoms with Crippen molar-refractivity contribution in [1.29, 1.82) is 0 Å². The zero-order chi connectivity index (χ0) is 11.3. The van der Waals surface area contributed by atoms with E-state index < -0.39 is 0 Å². The van der Waals surface area contributed by atoms with Gasteiger partial charge in [0.05, 0.1) is 6.61 Å².